The molecule has 0 unspecified atom stereocenters. The number of ether oxygens (including phenoxy) is 1. The molecule has 0 bridgehead atoms. The molecule has 0 aromatic carbocycles. The smallest absolute Gasteiger partial charge is 0.123 e. The maximum absolute atomic E-state index is 5.51. The minimum atomic E-state index is 0.281. The molecule has 1 aromatic heterocycles. The summed E-state index contributed by atoms with van der Waals surface area (Å²) in [6, 6.07) is 3.76. The predicted octanol–water partition coefficient (Wildman–Crippen LogP) is 1.53. The highest BCUT2D eigenvalue weighted by atomic mass is 16.5. The monoisotopic (exact) mass is 209 g/mol. The molecule has 4 heteroatoms. The van der Waals surface area contributed by atoms with Crippen LogP contribution in [0.1, 0.15) is 13.8 Å². The quantitative estimate of drug-likeness (QED) is 0.799. The number of likely N-dealkylation sites (N-methyl/N-ethyl adjacent to an activating group) is 1. The molecule has 15 heavy (non-hydrogen) atoms. The van der Waals surface area contributed by atoms with Crippen LogP contribution >= 0.6 is 0 Å². The van der Waals surface area contributed by atoms with Crippen molar-refractivity contribution in [1.29, 1.82) is 0 Å². The van der Waals surface area contributed by atoms with Gasteiger partial charge in [-0.1, -0.05) is 0 Å². The highest BCUT2D eigenvalue weighted by molar-refractivity contribution is 5.47. The first-order chi connectivity index (χ1) is 7.09. The number of hydrogen-bond acceptors (Lipinski definition) is 4. The number of hydrogen-bond donors (Lipinski definition) is 1. The van der Waals surface area contributed by atoms with Crippen LogP contribution in [-0.2, 0) is 4.74 Å². The Morgan fingerprint density at radius 2 is 2.20 bits per heavy atom. The molecule has 0 fully saturated rings. The Labute approximate surface area is 91.1 Å². The topological polar surface area (TPSA) is 51.4 Å². The summed E-state index contributed by atoms with van der Waals surface area (Å²) in [4.78, 5) is 6.13. The van der Waals surface area contributed by atoms with Crippen molar-refractivity contribution in [1.82, 2.24) is 4.98 Å². The van der Waals surface area contributed by atoms with E-state index in [0.717, 1.165) is 18.8 Å². The molecular weight excluding hydrogens is 190 g/mol. The summed E-state index contributed by atoms with van der Waals surface area (Å²) >= 11 is 0. The highest BCUT2D eigenvalue weighted by Crippen LogP contribution is 2.11. The Morgan fingerprint density at radius 1 is 1.47 bits per heavy atom. The molecule has 1 aromatic rings. The average Bonchev–Trinajstić information content (AvgIpc) is 2.18. The van der Waals surface area contributed by atoms with E-state index < -0.39 is 0 Å². The lowest BCUT2D eigenvalue weighted by Crippen LogP contribution is -2.23. The second kappa shape index (κ2) is 5.56. The molecule has 1 heterocycles. The Kier molecular flexibility index (Phi) is 4.37. The summed E-state index contributed by atoms with van der Waals surface area (Å²) in [6.45, 7) is 5.64. The van der Waals surface area contributed by atoms with Gasteiger partial charge in [0, 0.05) is 13.6 Å². The lowest BCUT2D eigenvalue weighted by atomic mass is 10.3. The van der Waals surface area contributed by atoms with Crippen LogP contribution in [0.25, 0.3) is 0 Å². The van der Waals surface area contributed by atoms with Gasteiger partial charge in [0.25, 0.3) is 0 Å². The first-order valence-corrected chi connectivity index (χ1v) is 5.14. The highest BCUT2D eigenvalue weighted by Gasteiger charge is 2.01. The Morgan fingerprint density at radius 3 is 2.73 bits per heavy atom. The normalized spacial score (nSPS) is 10.7. The van der Waals surface area contributed by atoms with E-state index in [-0.39, 0.29) is 6.10 Å². The van der Waals surface area contributed by atoms with Crippen LogP contribution < -0.4 is 10.6 Å². The van der Waals surface area contributed by atoms with E-state index in [1.807, 2.05) is 27.0 Å². The Hall–Kier alpha value is -1.29. The van der Waals surface area contributed by atoms with Crippen molar-refractivity contribution >= 4 is 11.5 Å². The van der Waals surface area contributed by atoms with Crippen molar-refractivity contribution in [3.63, 3.8) is 0 Å². The summed E-state index contributed by atoms with van der Waals surface area (Å²) in [5.41, 5.74) is 6.56. The molecule has 0 saturated carbocycles. The van der Waals surface area contributed by atoms with Crippen molar-refractivity contribution in [3.05, 3.63) is 18.3 Å². The Bertz CT molecular complexity index is 284. The second-order valence-corrected chi connectivity index (χ2v) is 3.78. The van der Waals surface area contributed by atoms with E-state index in [9.17, 15) is 0 Å². The minimum Gasteiger partial charge on any atom is -0.384 e. The zero-order valence-corrected chi connectivity index (χ0v) is 9.60. The van der Waals surface area contributed by atoms with E-state index in [1.54, 1.807) is 12.3 Å². The van der Waals surface area contributed by atoms with Gasteiger partial charge < -0.3 is 15.4 Å². The lowest BCUT2D eigenvalue weighted by molar-refractivity contribution is 0.0846. The Balaban J connectivity index is 2.40. The molecule has 0 radical (unpaired) electrons. The van der Waals surface area contributed by atoms with Crippen LogP contribution in [0.4, 0.5) is 11.5 Å². The summed E-state index contributed by atoms with van der Waals surface area (Å²) in [6.07, 6.45) is 2.05. The van der Waals surface area contributed by atoms with E-state index in [2.05, 4.69) is 9.88 Å². The summed E-state index contributed by atoms with van der Waals surface area (Å²) in [5.74, 6) is 0.547. The van der Waals surface area contributed by atoms with Gasteiger partial charge in [0.15, 0.2) is 0 Å². The minimum absolute atomic E-state index is 0.281. The van der Waals surface area contributed by atoms with Crippen LogP contribution in [0.5, 0.6) is 0 Å². The number of aromatic nitrogens is 1. The zero-order valence-electron chi connectivity index (χ0n) is 9.60. The summed E-state index contributed by atoms with van der Waals surface area (Å²) < 4.78 is 5.47. The van der Waals surface area contributed by atoms with Gasteiger partial charge in [0.1, 0.15) is 5.82 Å². The van der Waals surface area contributed by atoms with Crippen LogP contribution in [0.2, 0.25) is 0 Å². The van der Waals surface area contributed by atoms with Crippen LogP contribution in [0.3, 0.4) is 0 Å². The fourth-order valence-electron chi connectivity index (χ4n) is 1.18. The third-order valence-electron chi connectivity index (χ3n) is 2.09. The van der Waals surface area contributed by atoms with E-state index >= 15 is 0 Å². The maximum Gasteiger partial charge on any atom is 0.123 e. The fourth-order valence-corrected chi connectivity index (χ4v) is 1.18. The molecule has 0 amide bonds. The van der Waals surface area contributed by atoms with Gasteiger partial charge >= 0.3 is 0 Å². The number of anilines is 2. The lowest BCUT2D eigenvalue weighted by Gasteiger charge is -2.19. The molecule has 2 N–H and O–H groups in total. The summed E-state index contributed by atoms with van der Waals surface area (Å²) in [7, 11) is 2.01. The summed E-state index contributed by atoms with van der Waals surface area (Å²) in [5, 5.41) is 0. The molecule has 1 rings (SSSR count). The molecule has 0 aliphatic heterocycles. The van der Waals surface area contributed by atoms with Crippen LogP contribution in [0, 0.1) is 0 Å². The SMILES string of the molecule is CC(C)OCCN(C)c1ccc(N)nc1. The van der Waals surface area contributed by atoms with Gasteiger partial charge in [0.2, 0.25) is 0 Å². The molecule has 0 spiro atoms. The maximum atomic E-state index is 5.51. The fraction of sp³-hybridized carbons (Fsp3) is 0.545. The molecule has 0 aliphatic rings. The van der Waals surface area contributed by atoms with Gasteiger partial charge in [-0.3, -0.25) is 0 Å². The van der Waals surface area contributed by atoms with Crippen LogP contribution in [-0.4, -0.2) is 31.3 Å². The standard InChI is InChI=1S/C11H19N3O/c1-9(2)15-7-6-14(3)10-4-5-11(12)13-8-10/h4-5,8-9H,6-7H2,1-3H3,(H2,12,13). The number of nitrogen functional groups attached to an aromatic ring is 1. The predicted molar refractivity (Wildman–Crippen MR) is 63.0 cm³/mol. The van der Waals surface area contributed by atoms with Crippen LogP contribution in [0.15, 0.2) is 18.3 Å². The van der Waals surface area contributed by atoms with Crippen molar-refractivity contribution in [2.45, 2.75) is 20.0 Å². The van der Waals surface area contributed by atoms with Crippen molar-refractivity contribution in [2.75, 3.05) is 30.8 Å². The van der Waals surface area contributed by atoms with E-state index in [0.29, 0.717) is 5.82 Å². The molecule has 0 saturated heterocycles. The number of nitrogens with two attached hydrogens (primary N) is 1. The largest absolute Gasteiger partial charge is 0.384 e. The molecule has 0 aliphatic carbocycles. The number of nitrogens with zero attached hydrogens (tertiary/aromatic N) is 2. The van der Waals surface area contributed by atoms with E-state index in [4.69, 9.17) is 10.5 Å². The zero-order chi connectivity index (χ0) is 11.3. The van der Waals surface area contributed by atoms with Crippen molar-refractivity contribution < 1.29 is 4.74 Å². The van der Waals surface area contributed by atoms with E-state index in [1.165, 1.54) is 0 Å². The third-order valence-corrected chi connectivity index (χ3v) is 2.09. The molecular formula is C11H19N3O. The van der Waals surface area contributed by atoms with Crippen molar-refractivity contribution in [3.8, 4) is 0 Å². The number of pyridine rings is 1. The van der Waals surface area contributed by atoms with Gasteiger partial charge in [-0.25, -0.2) is 4.98 Å². The molecule has 0 atom stereocenters. The first-order valence-electron chi connectivity index (χ1n) is 5.14. The van der Waals surface area contributed by atoms with Gasteiger partial charge in [0.05, 0.1) is 24.6 Å². The molecule has 4 nitrogen and oxygen atoms in total. The third kappa shape index (κ3) is 4.16. The van der Waals surface area contributed by atoms with Gasteiger partial charge in [-0.05, 0) is 26.0 Å². The molecule has 84 valence electrons. The first kappa shape index (κ1) is 11.8. The average molecular weight is 209 g/mol. The van der Waals surface area contributed by atoms with Crippen molar-refractivity contribution in [2.24, 2.45) is 0 Å². The van der Waals surface area contributed by atoms with Gasteiger partial charge in [-0.2, -0.15) is 0 Å². The van der Waals surface area contributed by atoms with Gasteiger partial charge in [-0.15, -0.1) is 0 Å². The second-order valence-electron chi connectivity index (χ2n) is 3.78. The number of rotatable bonds is 5.